The first-order chi connectivity index (χ1) is 6.88. The predicted molar refractivity (Wildman–Crippen MR) is 54.0 cm³/mol. The van der Waals surface area contributed by atoms with Gasteiger partial charge in [-0.2, -0.15) is 0 Å². The van der Waals surface area contributed by atoms with Crippen LogP contribution in [0, 0.1) is 0 Å². The lowest BCUT2D eigenvalue weighted by atomic mass is 10.4. The molecular formula is C7H9ClN2O4S. The second-order valence-electron chi connectivity index (χ2n) is 2.73. The summed E-state index contributed by atoms with van der Waals surface area (Å²) in [5, 5.41) is 7.15. The minimum Gasteiger partial charge on any atom is -0.440 e. The van der Waals surface area contributed by atoms with Crippen molar-refractivity contribution in [3.05, 3.63) is 23.1 Å². The largest absolute Gasteiger partial charge is 0.440 e. The van der Waals surface area contributed by atoms with Crippen LogP contribution in [0.5, 0.6) is 0 Å². The molecule has 84 valence electrons. The van der Waals surface area contributed by atoms with Gasteiger partial charge in [0.05, 0.1) is 5.75 Å². The summed E-state index contributed by atoms with van der Waals surface area (Å²) < 4.78 is 25.9. The second kappa shape index (κ2) is 4.65. The van der Waals surface area contributed by atoms with Gasteiger partial charge in [-0.25, -0.2) is 13.6 Å². The molecule has 3 N–H and O–H groups in total. The monoisotopic (exact) mass is 252 g/mol. The average Bonchev–Trinajstić information content (AvgIpc) is 2.49. The number of halogens is 1. The van der Waals surface area contributed by atoms with Gasteiger partial charge in [-0.1, -0.05) is 0 Å². The van der Waals surface area contributed by atoms with Gasteiger partial charge in [0.15, 0.2) is 11.0 Å². The molecule has 0 aliphatic carbocycles. The average molecular weight is 253 g/mol. The first kappa shape index (κ1) is 12.0. The number of nitrogens with one attached hydrogen (secondary N) is 1. The van der Waals surface area contributed by atoms with E-state index >= 15 is 0 Å². The maximum atomic E-state index is 11.2. The highest BCUT2D eigenvalue weighted by Crippen LogP contribution is 2.12. The molecule has 8 heteroatoms. The summed E-state index contributed by atoms with van der Waals surface area (Å²) in [4.78, 5) is 11.2. The Balaban J connectivity index is 2.44. The number of carbonyl (C=O) groups is 1. The van der Waals surface area contributed by atoms with Crippen molar-refractivity contribution in [2.45, 2.75) is 0 Å². The van der Waals surface area contributed by atoms with Gasteiger partial charge in [-0.05, 0) is 23.7 Å². The fraction of sp³-hybridized carbons (Fsp3) is 0.286. The Morgan fingerprint density at radius 2 is 2.20 bits per heavy atom. The third kappa shape index (κ3) is 4.32. The second-order valence-corrected chi connectivity index (χ2v) is 4.83. The van der Waals surface area contributed by atoms with E-state index in [2.05, 4.69) is 5.32 Å². The zero-order valence-corrected chi connectivity index (χ0v) is 9.14. The first-order valence-corrected chi connectivity index (χ1v) is 6.02. The molecule has 1 aromatic rings. The molecule has 1 heterocycles. The summed E-state index contributed by atoms with van der Waals surface area (Å²) in [6.07, 6.45) is 0. The van der Waals surface area contributed by atoms with Crippen LogP contribution in [0.2, 0.25) is 5.22 Å². The number of primary sulfonamides is 1. The molecule has 0 aliphatic heterocycles. The van der Waals surface area contributed by atoms with Crippen LogP contribution >= 0.6 is 11.6 Å². The van der Waals surface area contributed by atoms with Gasteiger partial charge in [0.1, 0.15) is 0 Å². The van der Waals surface area contributed by atoms with Crippen LogP contribution in [0.3, 0.4) is 0 Å². The van der Waals surface area contributed by atoms with Crippen LogP contribution in [0.15, 0.2) is 16.5 Å². The number of hydrogen-bond acceptors (Lipinski definition) is 4. The van der Waals surface area contributed by atoms with Crippen molar-refractivity contribution in [1.82, 2.24) is 5.32 Å². The smallest absolute Gasteiger partial charge is 0.287 e. The lowest BCUT2D eigenvalue weighted by molar-refractivity contribution is 0.0928. The van der Waals surface area contributed by atoms with Gasteiger partial charge in [0, 0.05) is 6.54 Å². The van der Waals surface area contributed by atoms with E-state index in [1.54, 1.807) is 0 Å². The molecule has 0 spiro atoms. The number of carbonyl (C=O) groups excluding carboxylic acids is 1. The summed E-state index contributed by atoms with van der Waals surface area (Å²) in [5.41, 5.74) is 0. The standard InChI is InChI=1S/C7H9ClN2O4S/c8-6-2-1-5(14-6)7(11)10-3-4-15(9,12)13/h1-2H,3-4H2,(H,10,11)(H2,9,12,13). The van der Waals surface area contributed by atoms with E-state index in [0.717, 1.165) is 0 Å². The van der Waals surface area contributed by atoms with Crippen LogP contribution < -0.4 is 10.5 Å². The normalized spacial score (nSPS) is 11.3. The summed E-state index contributed by atoms with van der Waals surface area (Å²) in [5.74, 6) is -0.840. The number of hydrogen-bond donors (Lipinski definition) is 2. The quantitative estimate of drug-likeness (QED) is 0.784. The van der Waals surface area contributed by atoms with E-state index in [4.69, 9.17) is 21.2 Å². The maximum Gasteiger partial charge on any atom is 0.287 e. The molecule has 1 rings (SSSR count). The van der Waals surface area contributed by atoms with Crippen LogP contribution in [0.1, 0.15) is 10.6 Å². The van der Waals surface area contributed by atoms with E-state index in [-0.39, 0.29) is 23.3 Å². The Labute approximate surface area is 91.4 Å². The number of rotatable bonds is 4. The Morgan fingerprint density at radius 3 is 2.67 bits per heavy atom. The minimum absolute atomic E-state index is 0.0226. The molecule has 0 aromatic carbocycles. The van der Waals surface area contributed by atoms with Crippen molar-refractivity contribution >= 4 is 27.5 Å². The number of sulfonamides is 1. The Kier molecular flexibility index (Phi) is 3.72. The van der Waals surface area contributed by atoms with Crippen molar-refractivity contribution in [2.24, 2.45) is 5.14 Å². The minimum atomic E-state index is -3.57. The molecule has 0 aliphatic rings. The SMILES string of the molecule is NS(=O)(=O)CCNC(=O)c1ccc(Cl)o1. The molecular weight excluding hydrogens is 244 g/mol. The van der Waals surface area contributed by atoms with Gasteiger partial charge in [-0.3, -0.25) is 4.79 Å². The van der Waals surface area contributed by atoms with Gasteiger partial charge >= 0.3 is 0 Å². The molecule has 1 amide bonds. The van der Waals surface area contributed by atoms with Crippen molar-refractivity contribution < 1.29 is 17.6 Å². The zero-order chi connectivity index (χ0) is 11.5. The summed E-state index contributed by atoms with van der Waals surface area (Å²) in [6, 6.07) is 2.80. The highest BCUT2D eigenvalue weighted by molar-refractivity contribution is 7.89. The molecule has 0 atom stereocenters. The number of nitrogens with two attached hydrogens (primary N) is 1. The molecule has 0 saturated heterocycles. The van der Waals surface area contributed by atoms with Crippen LogP contribution in [-0.4, -0.2) is 26.6 Å². The molecule has 1 aromatic heterocycles. The van der Waals surface area contributed by atoms with Crippen LogP contribution in [-0.2, 0) is 10.0 Å². The maximum absolute atomic E-state index is 11.2. The van der Waals surface area contributed by atoms with Crippen molar-refractivity contribution in [1.29, 1.82) is 0 Å². The zero-order valence-electron chi connectivity index (χ0n) is 7.57. The van der Waals surface area contributed by atoms with Crippen LogP contribution in [0.4, 0.5) is 0 Å². The van der Waals surface area contributed by atoms with Gasteiger partial charge in [0.2, 0.25) is 10.0 Å². The molecule has 0 radical (unpaired) electrons. The highest BCUT2D eigenvalue weighted by Gasteiger charge is 2.10. The number of amides is 1. The van der Waals surface area contributed by atoms with E-state index in [1.165, 1.54) is 12.1 Å². The molecule has 0 fully saturated rings. The highest BCUT2D eigenvalue weighted by atomic mass is 35.5. The van der Waals surface area contributed by atoms with Gasteiger partial charge in [0.25, 0.3) is 5.91 Å². The fourth-order valence-corrected chi connectivity index (χ4v) is 1.36. The fourth-order valence-electron chi connectivity index (χ4n) is 0.830. The topological polar surface area (TPSA) is 102 Å². The lowest BCUT2D eigenvalue weighted by Crippen LogP contribution is -2.31. The van der Waals surface area contributed by atoms with E-state index in [0.29, 0.717) is 0 Å². The molecule has 15 heavy (non-hydrogen) atoms. The first-order valence-electron chi connectivity index (χ1n) is 3.92. The molecule has 0 unspecified atom stereocenters. The van der Waals surface area contributed by atoms with E-state index in [9.17, 15) is 13.2 Å². The third-order valence-electron chi connectivity index (χ3n) is 1.47. The molecule has 0 saturated carbocycles. The van der Waals surface area contributed by atoms with E-state index in [1.807, 2.05) is 0 Å². The van der Waals surface area contributed by atoms with Gasteiger partial charge < -0.3 is 9.73 Å². The van der Waals surface area contributed by atoms with Crippen molar-refractivity contribution in [3.63, 3.8) is 0 Å². The Hall–Kier alpha value is -1.05. The van der Waals surface area contributed by atoms with Crippen molar-refractivity contribution in [2.75, 3.05) is 12.3 Å². The predicted octanol–water partition coefficient (Wildman–Crippen LogP) is -0.0487. The Bertz CT molecular complexity index is 453. The van der Waals surface area contributed by atoms with Gasteiger partial charge in [-0.15, -0.1) is 0 Å². The summed E-state index contributed by atoms with van der Waals surface area (Å²) >= 11 is 5.45. The van der Waals surface area contributed by atoms with Crippen LogP contribution in [0.25, 0.3) is 0 Å². The third-order valence-corrected chi connectivity index (χ3v) is 2.45. The summed E-state index contributed by atoms with van der Waals surface area (Å²) in [7, 11) is -3.57. The Morgan fingerprint density at radius 1 is 1.53 bits per heavy atom. The van der Waals surface area contributed by atoms with E-state index < -0.39 is 15.9 Å². The molecule has 6 nitrogen and oxygen atoms in total. The number of furan rings is 1. The summed E-state index contributed by atoms with van der Waals surface area (Å²) in [6.45, 7) is -0.0734. The van der Waals surface area contributed by atoms with Crippen molar-refractivity contribution in [3.8, 4) is 0 Å². The lowest BCUT2D eigenvalue weighted by Gasteiger charge is -2.00. The molecule has 0 bridgehead atoms.